The standard InChI is InChI=1S/C10H9OP/c1-2-4-8(5-3-1)12-7-6-9-10(12)11-9/h1-5H,6-7H2. The van der Waals surface area contributed by atoms with Crippen LogP contribution in [0.2, 0.25) is 0 Å². The van der Waals surface area contributed by atoms with Crippen molar-refractivity contribution in [3.63, 3.8) is 0 Å². The molecule has 0 aromatic heterocycles. The van der Waals surface area contributed by atoms with Gasteiger partial charge in [-0.15, -0.1) is 0 Å². The average molecular weight is 176 g/mol. The lowest BCUT2D eigenvalue weighted by Crippen LogP contribution is -2.00. The van der Waals surface area contributed by atoms with Crippen LogP contribution in [-0.4, -0.2) is 6.16 Å². The highest BCUT2D eigenvalue weighted by atomic mass is 31.1. The summed E-state index contributed by atoms with van der Waals surface area (Å²) in [6, 6.07) is 10.7. The molecule has 0 saturated heterocycles. The molecule has 0 fully saturated rings. The second-order valence-corrected chi connectivity index (χ2v) is 5.29. The van der Waals surface area contributed by atoms with E-state index in [0.717, 1.165) is 0 Å². The molecule has 3 rings (SSSR count). The van der Waals surface area contributed by atoms with Crippen molar-refractivity contribution in [1.82, 2.24) is 0 Å². The summed E-state index contributed by atoms with van der Waals surface area (Å²) in [6.45, 7) is 0. The summed E-state index contributed by atoms with van der Waals surface area (Å²) in [6.07, 6.45) is 2.49. The second kappa shape index (κ2) is 2.34. The molecule has 0 bridgehead atoms. The first-order chi connectivity index (χ1) is 5.95. The minimum atomic E-state index is -0.0700. The Morgan fingerprint density at radius 1 is 1.17 bits per heavy atom. The Kier molecular flexibility index (Phi) is 1.30. The Morgan fingerprint density at radius 3 is 2.58 bits per heavy atom. The maximum atomic E-state index is 5.38. The summed E-state index contributed by atoms with van der Waals surface area (Å²) in [5, 5.41) is 1.47. The lowest BCUT2D eigenvalue weighted by Gasteiger charge is -2.10. The van der Waals surface area contributed by atoms with E-state index < -0.39 is 0 Å². The molecule has 2 heteroatoms. The zero-order valence-electron chi connectivity index (χ0n) is 6.66. The first-order valence-electron chi connectivity index (χ1n) is 4.19. The number of ether oxygens (including phenoxy) is 1. The van der Waals surface area contributed by atoms with Crippen molar-refractivity contribution in [1.29, 1.82) is 0 Å². The third-order valence-corrected chi connectivity index (χ3v) is 4.72. The van der Waals surface area contributed by atoms with Gasteiger partial charge in [-0.3, -0.25) is 0 Å². The van der Waals surface area contributed by atoms with Gasteiger partial charge in [-0.2, -0.15) is 0 Å². The van der Waals surface area contributed by atoms with Gasteiger partial charge in [0.2, 0.25) is 0 Å². The van der Waals surface area contributed by atoms with E-state index in [-0.39, 0.29) is 7.92 Å². The molecule has 1 unspecified atom stereocenters. The van der Waals surface area contributed by atoms with Crippen LogP contribution >= 0.6 is 7.92 Å². The van der Waals surface area contributed by atoms with Crippen LogP contribution in [0, 0.1) is 0 Å². The zero-order valence-corrected chi connectivity index (χ0v) is 7.55. The first kappa shape index (κ1) is 6.68. The van der Waals surface area contributed by atoms with E-state index in [0.29, 0.717) is 0 Å². The van der Waals surface area contributed by atoms with Gasteiger partial charge >= 0.3 is 0 Å². The molecule has 0 saturated carbocycles. The smallest absolute Gasteiger partial charge is 0.168 e. The number of hydrogen-bond donors (Lipinski definition) is 0. The van der Waals surface area contributed by atoms with Gasteiger partial charge in [-0.05, 0) is 19.4 Å². The number of hydrogen-bond acceptors (Lipinski definition) is 1. The third kappa shape index (κ3) is 0.899. The topological polar surface area (TPSA) is 12.5 Å². The number of benzene rings is 1. The highest BCUT2D eigenvalue weighted by Gasteiger charge is 2.39. The maximum Gasteiger partial charge on any atom is 0.168 e. The molecule has 0 amide bonds. The fourth-order valence-corrected chi connectivity index (χ4v) is 3.91. The monoisotopic (exact) mass is 176 g/mol. The first-order valence-corrected chi connectivity index (χ1v) is 5.71. The van der Waals surface area contributed by atoms with Crippen LogP contribution in [0.3, 0.4) is 0 Å². The van der Waals surface area contributed by atoms with Crippen LogP contribution in [0.5, 0.6) is 0 Å². The molecule has 2 heterocycles. The van der Waals surface area contributed by atoms with Gasteiger partial charge in [0.1, 0.15) is 5.76 Å². The average Bonchev–Trinajstić information content (AvgIpc) is 2.80. The molecule has 0 spiro atoms. The molecule has 0 aliphatic carbocycles. The number of rotatable bonds is 1. The summed E-state index contributed by atoms with van der Waals surface area (Å²) >= 11 is 0. The lowest BCUT2D eigenvalue weighted by atomic mass is 10.4. The van der Waals surface area contributed by atoms with E-state index >= 15 is 0 Å². The van der Waals surface area contributed by atoms with Gasteiger partial charge in [-0.1, -0.05) is 30.3 Å². The summed E-state index contributed by atoms with van der Waals surface area (Å²) in [5.41, 5.74) is 1.32. The van der Waals surface area contributed by atoms with E-state index in [2.05, 4.69) is 30.3 Å². The van der Waals surface area contributed by atoms with Gasteiger partial charge in [-0.25, -0.2) is 0 Å². The highest BCUT2D eigenvalue weighted by Crippen LogP contribution is 2.61. The van der Waals surface area contributed by atoms with Crippen molar-refractivity contribution in [3.05, 3.63) is 41.6 Å². The lowest BCUT2D eigenvalue weighted by molar-refractivity contribution is 0.472. The molecule has 2 aliphatic heterocycles. The van der Waals surface area contributed by atoms with Gasteiger partial charge in [0.15, 0.2) is 5.50 Å². The molecular formula is C10H9OP. The Morgan fingerprint density at radius 2 is 2.00 bits per heavy atom. The molecular weight excluding hydrogens is 167 g/mol. The normalized spacial score (nSPS) is 25.2. The quantitative estimate of drug-likeness (QED) is 0.598. The van der Waals surface area contributed by atoms with Crippen molar-refractivity contribution in [2.45, 2.75) is 6.42 Å². The summed E-state index contributed by atoms with van der Waals surface area (Å²) in [5.74, 6) is 1.28. The van der Waals surface area contributed by atoms with Crippen molar-refractivity contribution >= 4 is 13.2 Å². The predicted molar refractivity (Wildman–Crippen MR) is 50.6 cm³/mol. The van der Waals surface area contributed by atoms with Gasteiger partial charge in [0.05, 0.1) is 0 Å². The maximum absolute atomic E-state index is 5.38. The fraction of sp³-hybridized carbons (Fsp3) is 0.200. The Balaban J connectivity index is 1.95. The Hall–Kier alpha value is -0.810. The van der Waals surface area contributed by atoms with E-state index in [4.69, 9.17) is 4.74 Å². The van der Waals surface area contributed by atoms with Crippen LogP contribution in [-0.2, 0) is 4.74 Å². The van der Waals surface area contributed by atoms with E-state index in [1.54, 1.807) is 0 Å². The summed E-state index contributed by atoms with van der Waals surface area (Å²) < 4.78 is 5.38. The molecule has 60 valence electrons. The molecule has 1 atom stereocenters. The minimum Gasteiger partial charge on any atom is -0.454 e. The van der Waals surface area contributed by atoms with Crippen LogP contribution in [0.25, 0.3) is 0 Å². The highest BCUT2D eigenvalue weighted by molar-refractivity contribution is 7.70. The molecule has 1 aromatic carbocycles. The Bertz CT molecular complexity index is 342. The van der Waals surface area contributed by atoms with Gasteiger partial charge in [0, 0.05) is 6.42 Å². The summed E-state index contributed by atoms with van der Waals surface area (Å²) in [4.78, 5) is 0. The molecule has 2 aliphatic rings. The van der Waals surface area contributed by atoms with Crippen molar-refractivity contribution < 1.29 is 4.74 Å². The second-order valence-electron chi connectivity index (χ2n) is 3.07. The SMILES string of the molecule is c1ccc(P2CCC3=C2O3)cc1. The zero-order chi connectivity index (χ0) is 7.97. The minimum absolute atomic E-state index is 0.0700. The summed E-state index contributed by atoms with van der Waals surface area (Å²) in [7, 11) is -0.0700. The van der Waals surface area contributed by atoms with Crippen LogP contribution in [0.4, 0.5) is 0 Å². The molecule has 0 N–H and O–H groups in total. The number of allylic oxidation sites excluding steroid dienone is 1. The largest absolute Gasteiger partial charge is 0.454 e. The van der Waals surface area contributed by atoms with E-state index in [1.165, 1.54) is 29.1 Å². The van der Waals surface area contributed by atoms with Crippen LogP contribution in [0.15, 0.2) is 41.6 Å². The van der Waals surface area contributed by atoms with E-state index in [9.17, 15) is 0 Å². The molecule has 1 aromatic rings. The molecule has 0 radical (unpaired) electrons. The van der Waals surface area contributed by atoms with Crippen LogP contribution in [0.1, 0.15) is 6.42 Å². The van der Waals surface area contributed by atoms with E-state index in [1.807, 2.05) is 0 Å². The predicted octanol–water partition coefficient (Wildman–Crippen LogP) is 2.40. The van der Waals surface area contributed by atoms with Crippen molar-refractivity contribution in [2.24, 2.45) is 0 Å². The van der Waals surface area contributed by atoms with Gasteiger partial charge < -0.3 is 4.74 Å². The van der Waals surface area contributed by atoms with Crippen molar-refractivity contribution in [2.75, 3.05) is 6.16 Å². The molecule has 1 nitrogen and oxygen atoms in total. The fourth-order valence-electron chi connectivity index (χ4n) is 1.62. The molecule has 12 heavy (non-hydrogen) atoms. The van der Waals surface area contributed by atoms with Crippen molar-refractivity contribution in [3.8, 4) is 0 Å². The van der Waals surface area contributed by atoms with Crippen LogP contribution < -0.4 is 5.30 Å². The van der Waals surface area contributed by atoms with Gasteiger partial charge in [0.25, 0.3) is 0 Å². The third-order valence-electron chi connectivity index (χ3n) is 2.29. The Labute approximate surface area is 72.8 Å².